The van der Waals surface area contributed by atoms with Crippen LogP contribution in [-0.4, -0.2) is 48.4 Å². The van der Waals surface area contributed by atoms with Gasteiger partial charge in [-0.3, -0.25) is 14.9 Å². The number of non-ortho nitro benzene ring substituents is 1. The fraction of sp³-hybridized carbons (Fsp3) is 0.429. The van der Waals surface area contributed by atoms with E-state index >= 15 is 0 Å². The van der Waals surface area contributed by atoms with E-state index in [-0.39, 0.29) is 23.8 Å². The normalized spacial score (nSPS) is 13.8. The van der Waals surface area contributed by atoms with Crippen LogP contribution in [0.25, 0.3) is 0 Å². The number of hydrogen-bond donors (Lipinski definition) is 1. The molecule has 1 saturated heterocycles. The summed E-state index contributed by atoms with van der Waals surface area (Å²) in [4.78, 5) is 35.7. The van der Waals surface area contributed by atoms with Crippen molar-refractivity contribution in [1.29, 1.82) is 0 Å². The van der Waals surface area contributed by atoms with Gasteiger partial charge in [0.25, 0.3) is 11.6 Å². The molecule has 0 unspecified atom stereocenters. The van der Waals surface area contributed by atoms with Crippen molar-refractivity contribution >= 4 is 23.3 Å². The fourth-order valence-electron chi connectivity index (χ4n) is 2.30. The number of hydrogen-bond acceptors (Lipinski definition) is 6. The van der Waals surface area contributed by atoms with E-state index in [1.807, 2.05) is 0 Å². The van der Waals surface area contributed by atoms with Crippen LogP contribution in [0, 0.1) is 10.1 Å². The Kier molecular flexibility index (Phi) is 4.92. The number of esters is 1. The van der Waals surface area contributed by atoms with E-state index in [0.29, 0.717) is 18.8 Å². The summed E-state index contributed by atoms with van der Waals surface area (Å²) < 4.78 is 4.99. The number of carbonyl (C=O) groups excluding carboxylic acids is 2. The van der Waals surface area contributed by atoms with Gasteiger partial charge >= 0.3 is 5.97 Å². The van der Waals surface area contributed by atoms with Gasteiger partial charge in [0.2, 0.25) is 0 Å². The van der Waals surface area contributed by atoms with Gasteiger partial charge in [0.15, 0.2) is 6.61 Å². The summed E-state index contributed by atoms with van der Waals surface area (Å²) in [6, 6.07) is 3.85. The van der Waals surface area contributed by atoms with Crippen LogP contribution >= 0.6 is 0 Å². The lowest BCUT2D eigenvalue weighted by atomic mass is 10.1. The molecule has 1 fully saturated rings. The molecule has 0 spiro atoms. The Bertz CT molecular complexity index is 596. The third kappa shape index (κ3) is 3.51. The number of amides is 1. The Morgan fingerprint density at radius 1 is 1.36 bits per heavy atom. The van der Waals surface area contributed by atoms with Gasteiger partial charge in [0.1, 0.15) is 0 Å². The molecule has 1 aliphatic heterocycles. The first kappa shape index (κ1) is 15.7. The maximum absolute atomic E-state index is 12.1. The monoisotopic (exact) mass is 307 g/mol. The minimum atomic E-state index is -0.763. The predicted octanol–water partition coefficient (Wildman–Crippen LogP) is 1.42. The van der Waals surface area contributed by atoms with Crippen LogP contribution in [0.3, 0.4) is 0 Å². The summed E-state index contributed by atoms with van der Waals surface area (Å²) >= 11 is 0. The molecule has 0 radical (unpaired) electrons. The number of nitro benzene ring substituents is 1. The standard InChI is InChI=1S/C14H17N3O5/c1-15-12-5-4-10(17(20)21)8-11(12)14(19)22-9-13(18)16-6-2-3-7-16/h4-5,8,15H,2-3,6-7,9H2,1H3. The van der Waals surface area contributed by atoms with Crippen LogP contribution < -0.4 is 5.32 Å². The predicted molar refractivity (Wildman–Crippen MR) is 78.7 cm³/mol. The first-order chi connectivity index (χ1) is 10.5. The van der Waals surface area contributed by atoms with Crippen molar-refractivity contribution in [2.45, 2.75) is 12.8 Å². The van der Waals surface area contributed by atoms with Gasteiger partial charge in [-0.15, -0.1) is 0 Å². The molecule has 1 N–H and O–H groups in total. The van der Waals surface area contributed by atoms with Crippen molar-refractivity contribution in [3.63, 3.8) is 0 Å². The summed E-state index contributed by atoms with van der Waals surface area (Å²) in [5, 5.41) is 13.6. The highest BCUT2D eigenvalue weighted by atomic mass is 16.6. The molecule has 1 amide bonds. The number of likely N-dealkylation sites (tertiary alicyclic amines) is 1. The number of ether oxygens (including phenoxy) is 1. The number of benzene rings is 1. The Labute approximate surface area is 127 Å². The zero-order valence-electron chi connectivity index (χ0n) is 12.2. The van der Waals surface area contributed by atoms with E-state index in [2.05, 4.69) is 5.32 Å². The molecule has 22 heavy (non-hydrogen) atoms. The Morgan fingerprint density at radius 2 is 2.05 bits per heavy atom. The molecule has 1 aliphatic rings. The minimum Gasteiger partial charge on any atom is -0.452 e. The van der Waals surface area contributed by atoms with Crippen molar-refractivity contribution in [3.05, 3.63) is 33.9 Å². The van der Waals surface area contributed by atoms with Crippen molar-refractivity contribution in [3.8, 4) is 0 Å². The zero-order valence-corrected chi connectivity index (χ0v) is 12.2. The van der Waals surface area contributed by atoms with Crippen LogP contribution in [0.4, 0.5) is 11.4 Å². The Balaban J connectivity index is 2.06. The molecule has 8 heteroatoms. The van der Waals surface area contributed by atoms with Gasteiger partial charge in [0, 0.05) is 38.0 Å². The van der Waals surface area contributed by atoms with Crippen molar-refractivity contribution in [2.24, 2.45) is 0 Å². The van der Waals surface area contributed by atoms with Crippen LogP contribution in [0.1, 0.15) is 23.2 Å². The molecule has 1 heterocycles. The number of nitrogens with zero attached hydrogens (tertiary/aromatic N) is 2. The number of anilines is 1. The van der Waals surface area contributed by atoms with E-state index in [9.17, 15) is 19.7 Å². The molecule has 0 aromatic heterocycles. The first-order valence-electron chi connectivity index (χ1n) is 6.94. The molecule has 0 saturated carbocycles. The van der Waals surface area contributed by atoms with Gasteiger partial charge in [-0.2, -0.15) is 0 Å². The highest BCUT2D eigenvalue weighted by Crippen LogP contribution is 2.22. The van der Waals surface area contributed by atoms with E-state index < -0.39 is 10.9 Å². The first-order valence-corrected chi connectivity index (χ1v) is 6.94. The molecular formula is C14H17N3O5. The number of nitro groups is 1. The van der Waals surface area contributed by atoms with Crippen molar-refractivity contribution < 1.29 is 19.2 Å². The lowest BCUT2D eigenvalue weighted by Gasteiger charge is -2.15. The van der Waals surface area contributed by atoms with E-state index in [1.165, 1.54) is 12.1 Å². The summed E-state index contributed by atoms with van der Waals surface area (Å²) in [6.45, 7) is 0.995. The van der Waals surface area contributed by atoms with E-state index in [0.717, 1.165) is 18.9 Å². The number of carbonyl (C=O) groups is 2. The maximum atomic E-state index is 12.1. The third-order valence-electron chi connectivity index (χ3n) is 3.49. The summed E-state index contributed by atoms with van der Waals surface area (Å²) in [5.41, 5.74) is 0.229. The second-order valence-electron chi connectivity index (χ2n) is 4.90. The topological polar surface area (TPSA) is 102 Å². The Hall–Kier alpha value is -2.64. The largest absolute Gasteiger partial charge is 0.452 e. The van der Waals surface area contributed by atoms with Crippen LogP contribution in [0.15, 0.2) is 18.2 Å². The van der Waals surface area contributed by atoms with Gasteiger partial charge < -0.3 is 15.0 Å². The van der Waals surface area contributed by atoms with Crippen LogP contribution in [0.2, 0.25) is 0 Å². The zero-order chi connectivity index (χ0) is 16.1. The SMILES string of the molecule is CNc1ccc([N+](=O)[O-])cc1C(=O)OCC(=O)N1CCCC1. The molecule has 8 nitrogen and oxygen atoms in total. The molecule has 1 aromatic carbocycles. The summed E-state index contributed by atoms with van der Waals surface area (Å²) in [5.74, 6) is -1.01. The highest BCUT2D eigenvalue weighted by Gasteiger charge is 2.22. The smallest absolute Gasteiger partial charge is 0.341 e. The molecule has 0 aliphatic carbocycles. The second kappa shape index (κ2) is 6.88. The molecule has 1 aromatic rings. The molecule has 0 bridgehead atoms. The number of rotatable bonds is 5. The highest BCUT2D eigenvalue weighted by molar-refractivity contribution is 5.97. The lowest BCUT2D eigenvalue weighted by Crippen LogP contribution is -2.32. The minimum absolute atomic E-state index is 0.0333. The van der Waals surface area contributed by atoms with Gasteiger partial charge in [0.05, 0.1) is 10.5 Å². The molecular weight excluding hydrogens is 290 g/mol. The molecule has 118 valence electrons. The number of nitrogens with one attached hydrogen (secondary N) is 1. The maximum Gasteiger partial charge on any atom is 0.341 e. The van der Waals surface area contributed by atoms with Gasteiger partial charge in [-0.05, 0) is 18.9 Å². The van der Waals surface area contributed by atoms with Crippen molar-refractivity contribution in [1.82, 2.24) is 4.90 Å². The third-order valence-corrected chi connectivity index (χ3v) is 3.49. The van der Waals surface area contributed by atoms with Crippen LogP contribution in [-0.2, 0) is 9.53 Å². The fourth-order valence-corrected chi connectivity index (χ4v) is 2.30. The van der Waals surface area contributed by atoms with E-state index in [4.69, 9.17) is 4.74 Å². The molecule has 2 rings (SSSR count). The average Bonchev–Trinajstić information content (AvgIpc) is 3.06. The summed E-state index contributed by atoms with van der Waals surface area (Å²) in [7, 11) is 1.59. The molecule has 0 atom stereocenters. The lowest BCUT2D eigenvalue weighted by molar-refractivity contribution is -0.384. The van der Waals surface area contributed by atoms with Gasteiger partial charge in [-0.1, -0.05) is 0 Å². The summed E-state index contributed by atoms with van der Waals surface area (Å²) in [6.07, 6.45) is 1.91. The van der Waals surface area contributed by atoms with E-state index in [1.54, 1.807) is 11.9 Å². The van der Waals surface area contributed by atoms with Crippen LogP contribution in [0.5, 0.6) is 0 Å². The average molecular weight is 307 g/mol. The quantitative estimate of drug-likeness (QED) is 0.501. The second-order valence-corrected chi connectivity index (χ2v) is 4.90. The van der Waals surface area contributed by atoms with Gasteiger partial charge in [-0.25, -0.2) is 4.79 Å². The van der Waals surface area contributed by atoms with Crippen molar-refractivity contribution in [2.75, 3.05) is 32.1 Å². The Morgan fingerprint density at radius 3 is 2.64 bits per heavy atom.